The van der Waals surface area contributed by atoms with Crippen molar-refractivity contribution >= 4 is 198 Å². The van der Waals surface area contributed by atoms with E-state index in [-0.39, 0.29) is 119 Å². The molecule has 0 unspecified atom stereocenters. The lowest BCUT2D eigenvalue weighted by Gasteiger charge is -2.30. The average Bonchev–Trinajstić information content (AvgIpc) is 0.841. The monoisotopic (exact) mass is 1860 g/mol. The Bertz CT molecular complexity index is 4010. The molecule has 110 heavy (non-hydrogen) atoms. The van der Waals surface area contributed by atoms with Crippen LogP contribution in [-0.2, 0) is 74.1 Å². The van der Waals surface area contributed by atoms with Gasteiger partial charge in [0.05, 0.1) is 83.5 Å². The molecular weight excluding hydrogens is 1780 g/mol. The zero-order valence-electron chi connectivity index (χ0n) is 60.9. The van der Waals surface area contributed by atoms with Gasteiger partial charge in [-0.3, -0.25) is 24.0 Å². The molecule has 10 rings (SSSR count). The maximum Gasteiger partial charge on any atom is 0.228 e. The standard InChI is InChI=1S/2C14H18BrClN2O3S.C14H18Cl2N2O3S.C14H18ClFN2O3S.C14H18F2N2O3S/c1-2-22(20,21)18-7-3-4-10(9-18)14(19)17-11-5-6-13(16)12(15)8-11;2*1-2-22(20,21)18-7-3-4-10(9-18)14(19)17-11-5-6-12(15)13(16)8-11;1-2-22(20,21)18-7-3-4-10(9-18)14(19)17-11-5-6-13(16)12(15)8-11;1-2-22(20,21)18-7-3-4-10(9-18)14(19)17-11-5-6-12(15)13(16)8-11/h5*5-6,8,10H,2-4,7,9H2,1H3,(H,17,19)/t5*10-/m00000/s1. The predicted octanol–water partition coefficient (Wildman–Crippen LogP) is 13.6. The summed E-state index contributed by atoms with van der Waals surface area (Å²) in [6.07, 6.45) is 6.53. The Kier molecular flexibility index (Phi) is 37.0. The molecular formula is C70H90Br2Cl5F3N10O15S5. The minimum Gasteiger partial charge on any atom is -0.326 e. The molecule has 40 heteroatoms. The first-order valence-corrected chi connectivity index (χ1v) is 46.9. The van der Waals surface area contributed by atoms with Crippen LogP contribution in [0, 0.1) is 47.0 Å². The molecule has 5 N–H and O–H groups in total. The molecule has 0 bridgehead atoms. The molecule has 5 saturated heterocycles. The van der Waals surface area contributed by atoms with Crippen molar-refractivity contribution in [1.29, 1.82) is 0 Å². The summed E-state index contributed by atoms with van der Waals surface area (Å²) in [5.74, 6) is -5.55. The molecule has 5 amide bonds. The van der Waals surface area contributed by atoms with Crippen LogP contribution in [0.25, 0.3) is 0 Å². The molecule has 5 aliphatic heterocycles. The van der Waals surface area contributed by atoms with Crippen molar-refractivity contribution in [3.63, 3.8) is 0 Å². The van der Waals surface area contributed by atoms with Crippen LogP contribution in [-0.4, -0.2) is 187 Å². The fraction of sp³-hybridized carbons (Fsp3) is 0.500. The number of sulfonamides is 5. The van der Waals surface area contributed by atoms with E-state index >= 15 is 0 Å². The minimum absolute atomic E-state index is 0.00941. The number of amides is 5. The average molecular weight is 1870 g/mol. The Morgan fingerprint density at radius 3 is 0.855 bits per heavy atom. The summed E-state index contributed by atoms with van der Waals surface area (Å²) in [6, 6.07) is 22.2. The largest absolute Gasteiger partial charge is 0.326 e. The van der Waals surface area contributed by atoms with Crippen LogP contribution in [0.5, 0.6) is 0 Å². The summed E-state index contributed by atoms with van der Waals surface area (Å²) in [7, 11) is -16.4. The Labute approximate surface area is 684 Å². The van der Waals surface area contributed by atoms with Gasteiger partial charge in [-0.2, -0.15) is 0 Å². The molecule has 0 spiro atoms. The first kappa shape index (κ1) is 94.1. The third kappa shape index (κ3) is 28.3. The first-order valence-electron chi connectivity index (χ1n) is 35.3. The van der Waals surface area contributed by atoms with Gasteiger partial charge in [0, 0.05) is 109 Å². The first-order chi connectivity index (χ1) is 51.7. The van der Waals surface area contributed by atoms with Gasteiger partial charge in [-0.1, -0.05) is 58.0 Å². The molecule has 5 aliphatic rings. The molecule has 25 nitrogen and oxygen atoms in total. The molecule has 0 saturated carbocycles. The van der Waals surface area contributed by atoms with E-state index in [9.17, 15) is 79.2 Å². The van der Waals surface area contributed by atoms with Crippen LogP contribution in [0.15, 0.2) is 99.9 Å². The number of rotatable bonds is 20. The molecule has 5 aromatic rings. The Balaban J connectivity index is 0.000000215. The van der Waals surface area contributed by atoms with Gasteiger partial charge in [0.1, 0.15) is 5.82 Å². The van der Waals surface area contributed by atoms with Crippen molar-refractivity contribution in [2.75, 3.05) is 121 Å². The molecule has 610 valence electrons. The summed E-state index contributed by atoms with van der Waals surface area (Å²) in [4.78, 5) is 61.4. The number of nitrogens with one attached hydrogen (secondary N) is 5. The lowest BCUT2D eigenvalue weighted by Crippen LogP contribution is -2.44. The number of halogens is 10. The number of carbonyl (C=O) groups is 5. The third-order valence-corrected chi connectivity index (χ3v) is 31.2. The number of nitrogens with zero attached hydrogens (tertiary/aromatic N) is 5. The fourth-order valence-electron chi connectivity index (χ4n) is 12.0. The summed E-state index contributed by atoms with van der Waals surface area (Å²) in [5, 5.41) is 15.3. The minimum atomic E-state index is -3.33. The third-order valence-electron chi connectivity index (χ3n) is 18.5. The quantitative estimate of drug-likeness (QED) is 0.0483. The predicted molar refractivity (Wildman–Crippen MR) is 434 cm³/mol. The van der Waals surface area contributed by atoms with E-state index < -0.39 is 79.4 Å². The Hall–Kier alpha value is -4.80. The van der Waals surface area contributed by atoms with Crippen molar-refractivity contribution in [1.82, 2.24) is 21.5 Å². The Morgan fingerprint density at radius 2 is 0.582 bits per heavy atom. The highest BCUT2D eigenvalue weighted by atomic mass is 79.9. The van der Waals surface area contributed by atoms with Crippen molar-refractivity contribution in [3.8, 4) is 0 Å². The Morgan fingerprint density at radius 1 is 0.327 bits per heavy atom. The van der Waals surface area contributed by atoms with Crippen molar-refractivity contribution < 1.29 is 79.2 Å². The summed E-state index contributed by atoms with van der Waals surface area (Å²) < 4.78 is 167. The van der Waals surface area contributed by atoms with Crippen LogP contribution in [0.4, 0.5) is 41.6 Å². The van der Waals surface area contributed by atoms with Gasteiger partial charge in [0.15, 0.2) is 11.6 Å². The molecule has 5 heterocycles. The smallest absolute Gasteiger partial charge is 0.228 e. The van der Waals surface area contributed by atoms with Crippen LogP contribution in [0.2, 0.25) is 25.1 Å². The molecule has 0 aliphatic carbocycles. The summed E-state index contributed by atoms with van der Waals surface area (Å²) >= 11 is 35.9. The highest BCUT2D eigenvalue weighted by molar-refractivity contribution is 9.11. The van der Waals surface area contributed by atoms with Crippen LogP contribution < -0.4 is 26.6 Å². The van der Waals surface area contributed by atoms with Crippen LogP contribution >= 0.6 is 89.9 Å². The topological polar surface area (TPSA) is 332 Å². The second kappa shape index (κ2) is 43.2. The lowest BCUT2D eigenvalue weighted by atomic mass is 9.98. The second-order valence-corrected chi connectivity index (χ2v) is 41.1. The summed E-state index contributed by atoms with van der Waals surface area (Å²) in [5.41, 5.74) is 2.34. The summed E-state index contributed by atoms with van der Waals surface area (Å²) in [6.45, 7) is 11.3. The number of anilines is 5. The molecule has 5 fully saturated rings. The number of hydrogen-bond acceptors (Lipinski definition) is 15. The van der Waals surface area contributed by atoms with Gasteiger partial charge < -0.3 is 26.6 Å². The fourth-order valence-corrected chi connectivity index (χ4v) is 19.3. The zero-order valence-corrected chi connectivity index (χ0v) is 71.9. The number of piperidine rings is 5. The second-order valence-electron chi connectivity index (χ2n) is 26.1. The van der Waals surface area contributed by atoms with E-state index in [1.54, 1.807) is 89.2 Å². The van der Waals surface area contributed by atoms with Gasteiger partial charge in [-0.25, -0.2) is 76.8 Å². The molecule has 0 aromatic heterocycles. The maximum atomic E-state index is 13.1. The van der Waals surface area contributed by atoms with Crippen molar-refractivity contribution in [2.45, 2.75) is 98.8 Å². The van der Waals surface area contributed by atoms with Gasteiger partial charge in [0.2, 0.25) is 79.7 Å². The zero-order chi connectivity index (χ0) is 81.6. The van der Waals surface area contributed by atoms with E-state index in [1.807, 2.05) is 0 Å². The van der Waals surface area contributed by atoms with Crippen molar-refractivity contribution in [2.24, 2.45) is 29.6 Å². The normalized spacial score (nSPS) is 19.9. The van der Waals surface area contributed by atoms with E-state index in [4.69, 9.17) is 58.0 Å². The van der Waals surface area contributed by atoms with Crippen LogP contribution in [0.3, 0.4) is 0 Å². The van der Waals surface area contributed by atoms with Crippen molar-refractivity contribution in [3.05, 3.63) is 143 Å². The van der Waals surface area contributed by atoms with E-state index in [0.29, 0.717) is 144 Å². The molecule has 5 aromatic carbocycles. The molecule has 5 atom stereocenters. The number of hydrogen-bond donors (Lipinski definition) is 5. The molecule has 0 radical (unpaired) electrons. The SMILES string of the molecule is CCS(=O)(=O)N1CCC[C@H](C(=O)Nc2ccc(Br)c(Cl)c2)C1.CCS(=O)(=O)N1CCC[C@H](C(=O)Nc2ccc(Cl)c(Br)c2)C1.CCS(=O)(=O)N1CCC[C@H](C(=O)Nc2ccc(Cl)c(Cl)c2)C1.CCS(=O)(=O)N1CCC[C@H](C(=O)Nc2ccc(F)c(Cl)c2)C1.CCS(=O)(=O)N1CCC[C@H](C(=O)Nc2ccc(F)c(F)c2)C1. The van der Waals surface area contributed by atoms with Gasteiger partial charge >= 0.3 is 0 Å². The van der Waals surface area contributed by atoms with Crippen LogP contribution in [0.1, 0.15) is 98.8 Å². The van der Waals surface area contributed by atoms with E-state index in [2.05, 4.69) is 58.4 Å². The lowest BCUT2D eigenvalue weighted by molar-refractivity contribution is -0.121. The maximum absolute atomic E-state index is 13.1. The highest BCUT2D eigenvalue weighted by Crippen LogP contribution is 2.32. The van der Waals surface area contributed by atoms with E-state index in [0.717, 1.165) is 16.6 Å². The van der Waals surface area contributed by atoms with Gasteiger partial charge in [0.25, 0.3) is 0 Å². The number of benzene rings is 5. The highest BCUT2D eigenvalue weighted by Gasteiger charge is 2.37. The number of carbonyl (C=O) groups excluding carboxylic acids is 5. The van der Waals surface area contributed by atoms with Gasteiger partial charge in [-0.15, -0.1) is 0 Å². The van der Waals surface area contributed by atoms with Gasteiger partial charge in [-0.05, 0) is 216 Å². The van der Waals surface area contributed by atoms with E-state index in [1.165, 1.54) is 45.8 Å².